The van der Waals surface area contributed by atoms with Crippen LogP contribution >= 0.6 is 11.6 Å². The summed E-state index contributed by atoms with van der Waals surface area (Å²) >= 11 is 5.88. The zero-order valence-corrected chi connectivity index (χ0v) is 11.9. The van der Waals surface area contributed by atoms with Gasteiger partial charge in [0.2, 0.25) is 5.91 Å². The normalized spacial score (nSPS) is 20.4. The maximum Gasteiger partial charge on any atom is 0.264 e. The van der Waals surface area contributed by atoms with Crippen molar-refractivity contribution in [3.8, 4) is 0 Å². The molecule has 2 amide bonds. The Morgan fingerprint density at radius 2 is 2.20 bits per heavy atom. The van der Waals surface area contributed by atoms with Crippen molar-refractivity contribution in [1.29, 1.82) is 0 Å². The van der Waals surface area contributed by atoms with Crippen LogP contribution in [0.25, 0.3) is 0 Å². The van der Waals surface area contributed by atoms with Crippen molar-refractivity contribution >= 4 is 29.3 Å². The van der Waals surface area contributed by atoms with E-state index < -0.39 is 23.8 Å². The second-order valence-corrected chi connectivity index (χ2v) is 5.14. The van der Waals surface area contributed by atoms with E-state index in [1.54, 1.807) is 24.3 Å². The van der Waals surface area contributed by atoms with Crippen LogP contribution in [0, 0.1) is 0 Å². The fourth-order valence-electron chi connectivity index (χ4n) is 2.13. The molecule has 0 bridgehead atoms. The fraction of sp³-hybridized carbons (Fsp3) is 0.357. The third-order valence-electron chi connectivity index (χ3n) is 3.12. The number of nitrogens with one attached hydrogen (secondary N) is 1. The van der Waals surface area contributed by atoms with Gasteiger partial charge >= 0.3 is 0 Å². The summed E-state index contributed by atoms with van der Waals surface area (Å²) in [6.45, 7) is 1.97. The van der Waals surface area contributed by atoms with Crippen LogP contribution in [0.3, 0.4) is 0 Å². The Labute approximate surface area is 122 Å². The van der Waals surface area contributed by atoms with Crippen molar-refractivity contribution in [2.24, 2.45) is 10.7 Å². The second kappa shape index (κ2) is 6.15. The van der Waals surface area contributed by atoms with Gasteiger partial charge in [-0.2, -0.15) is 4.99 Å². The molecule has 0 saturated heterocycles. The Bertz CT molecular complexity index is 571. The number of carbonyl (C=O) groups is 2. The van der Waals surface area contributed by atoms with Crippen LogP contribution in [0.5, 0.6) is 0 Å². The highest BCUT2D eigenvalue weighted by molar-refractivity contribution is 6.30. The Balaban J connectivity index is 2.27. The smallest absolute Gasteiger partial charge is 0.264 e. The zero-order chi connectivity index (χ0) is 14.7. The molecule has 106 valence electrons. The summed E-state index contributed by atoms with van der Waals surface area (Å²) in [7, 11) is 0. The quantitative estimate of drug-likeness (QED) is 0.827. The lowest BCUT2D eigenvalue weighted by atomic mass is 9.95. The molecule has 20 heavy (non-hydrogen) atoms. The Hall–Kier alpha value is -1.72. The van der Waals surface area contributed by atoms with Crippen LogP contribution in [0.1, 0.15) is 31.2 Å². The topological polar surface area (TPSA) is 84.5 Å². The second-order valence-electron chi connectivity index (χ2n) is 4.71. The van der Waals surface area contributed by atoms with E-state index in [9.17, 15) is 9.59 Å². The molecule has 0 aliphatic carbocycles. The average Bonchev–Trinajstić information content (AvgIpc) is 2.38. The maximum atomic E-state index is 12.1. The van der Waals surface area contributed by atoms with Gasteiger partial charge in [-0.1, -0.05) is 37.1 Å². The molecule has 1 aliphatic heterocycles. The van der Waals surface area contributed by atoms with Crippen molar-refractivity contribution in [3.63, 3.8) is 0 Å². The van der Waals surface area contributed by atoms with Crippen LogP contribution in [0.2, 0.25) is 5.02 Å². The zero-order valence-electron chi connectivity index (χ0n) is 11.1. The van der Waals surface area contributed by atoms with Crippen LogP contribution in [0.4, 0.5) is 0 Å². The van der Waals surface area contributed by atoms with Crippen molar-refractivity contribution in [3.05, 3.63) is 34.9 Å². The third-order valence-corrected chi connectivity index (χ3v) is 3.36. The lowest BCUT2D eigenvalue weighted by Crippen LogP contribution is -2.50. The van der Waals surface area contributed by atoms with Crippen molar-refractivity contribution in [2.75, 3.05) is 0 Å². The molecule has 1 aromatic carbocycles. The van der Waals surface area contributed by atoms with Crippen molar-refractivity contribution in [2.45, 2.75) is 31.7 Å². The summed E-state index contributed by atoms with van der Waals surface area (Å²) in [5.41, 5.74) is 6.41. The molecule has 0 fully saturated rings. The molecule has 3 N–H and O–H groups in total. The average molecular weight is 294 g/mol. The Kier molecular flexibility index (Phi) is 4.52. The van der Waals surface area contributed by atoms with Crippen LogP contribution in [-0.2, 0) is 9.59 Å². The minimum Gasteiger partial charge on any atom is -0.321 e. The number of hydrogen-bond donors (Lipinski definition) is 2. The molecule has 1 aliphatic rings. The molecule has 2 unspecified atom stereocenters. The Morgan fingerprint density at radius 3 is 2.80 bits per heavy atom. The number of amidine groups is 1. The molecule has 2 atom stereocenters. The largest absolute Gasteiger partial charge is 0.321 e. The van der Waals surface area contributed by atoms with E-state index in [2.05, 4.69) is 10.3 Å². The first kappa shape index (κ1) is 14.7. The van der Waals surface area contributed by atoms with E-state index in [-0.39, 0.29) is 5.84 Å². The number of carbonyl (C=O) groups excluding carboxylic acids is 2. The third kappa shape index (κ3) is 3.05. The number of hydrogen-bond acceptors (Lipinski definition) is 3. The van der Waals surface area contributed by atoms with E-state index in [1.807, 2.05) is 6.92 Å². The lowest BCUT2D eigenvalue weighted by molar-refractivity contribution is -0.129. The first-order valence-electron chi connectivity index (χ1n) is 6.47. The predicted molar refractivity (Wildman–Crippen MR) is 77.7 cm³/mol. The van der Waals surface area contributed by atoms with Gasteiger partial charge in [-0.3, -0.25) is 9.59 Å². The van der Waals surface area contributed by atoms with Crippen LogP contribution in [-0.4, -0.2) is 23.7 Å². The van der Waals surface area contributed by atoms with E-state index in [0.717, 1.165) is 6.42 Å². The summed E-state index contributed by atoms with van der Waals surface area (Å²) in [5.74, 6) is -1.61. The highest BCUT2D eigenvalue weighted by atomic mass is 35.5. The van der Waals surface area contributed by atoms with Gasteiger partial charge < -0.3 is 11.1 Å². The molecular formula is C14H16ClN3O2. The van der Waals surface area contributed by atoms with Crippen molar-refractivity contribution < 1.29 is 9.59 Å². The minimum absolute atomic E-state index is 0.250. The maximum absolute atomic E-state index is 12.1. The fourth-order valence-corrected chi connectivity index (χ4v) is 2.32. The van der Waals surface area contributed by atoms with E-state index in [0.29, 0.717) is 17.0 Å². The highest BCUT2D eigenvalue weighted by Gasteiger charge is 2.34. The van der Waals surface area contributed by atoms with Gasteiger partial charge in [0.15, 0.2) is 0 Å². The van der Waals surface area contributed by atoms with Crippen molar-refractivity contribution in [1.82, 2.24) is 5.32 Å². The molecule has 0 aromatic heterocycles. The molecule has 1 heterocycles. The van der Waals surface area contributed by atoms with Gasteiger partial charge in [-0.25, -0.2) is 0 Å². The molecule has 5 nitrogen and oxygen atoms in total. The number of nitrogens with two attached hydrogens (primary N) is 1. The summed E-state index contributed by atoms with van der Waals surface area (Å²) < 4.78 is 0. The van der Waals surface area contributed by atoms with Gasteiger partial charge in [0.1, 0.15) is 11.8 Å². The van der Waals surface area contributed by atoms with E-state index in [4.69, 9.17) is 17.3 Å². The molecule has 0 radical (unpaired) electrons. The van der Waals surface area contributed by atoms with Gasteiger partial charge in [0.25, 0.3) is 5.91 Å². The van der Waals surface area contributed by atoms with Crippen LogP contribution < -0.4 is 11.1 Å². The number of rotatable bonds is 4. The SMILES string of the molecule is CCCC(N)C1=NC(=O)C(c2cccc(Cl)c2)C(=O)N1. The van der Waals surface area contributed by atoms with Gasteiger partial charge in [-0.15, -0.1) is 0 Å². The lowest BCUT2D eigenvalue weighted by Gasteiger charge is -2.23. The predicted octanol–water partition coefficient (Wildman–Crippen LogP) is 1.61. The number of nitrogens with zero attached hydrogens (tertiary/aromatic N) is 1. The monoisotopic (exact) mass is 293 g/mol. The molecule has 1 aromatic rings. The summed E-state index contributed by atoms with van der Waals surface area (Å²) in [4.78, 5) is 28.1. The first-order chi connectivity index (χ1) is 9.52. The summed E-state index contributed by atoms with van der Waals surface area (Å²) in [6.07, 6.45) is 1.51. The minimum atomic E-state index is -0.953. The van der Waals surface area contributed by atoms with E-state index in [1.165, 1.54) is 0 Å². The number of aliphatic imine (C=N–C) groups is 1. The number of halogens is 1. The summed E-state index contributed by atoms with van der Waals surface area (Å²) in [5, 5.41) is 3.09. The van der Waals surface area contributed by atoms with Crippen LogP contribution in [0.15, 0.2) is 29.3 Å². The first-order valence-corrected chi connectivity index (χ1v) is 6.85. The molecular weight excluding hydrogens is 278 g/mol. The molecule has 2 rings (SSSR count). The van der Waals surface area contributed by atoms with E-state index >= 15 is 0 Å². The number of amides is 2. The molecule has 6 heteroatoms. The molecule has 0 spiro atoms. The summed E-state index contributed by atoms with van der Waals surface area (Å²) in [6, 6.07) is 6.23. The number of benzene rings is 1. The van der Waals surface area contributed by atoms with Gasteiger partial charge in [0, 0.05) is 5.02 Å². The van der Waals surface area contributed by atoms with Gasteiger partial charge in [-0.05, 0) is 24.1 Å². The highest BCUT2D eigenvalue weighted by Crippen LogP contribution is 2.23. The Morgan fingerprint density at radius 1 is 1.45 bits per heavy atom. The van der Waals surface area contributed by atoms with Gasteiger partial charge in [0.05, 0.1) is 6.04 Å². The molecule has 0 saturated carbocycles. The standard InChI is InChI=1S/C14H16ClN3O2/c1-2-4-10(16)12-17-13(19)11(14(20)18-12)8-5-3-6-9(15)7-8/h3,5-7,10-11H,2,4,16H2,1H3,(H,17,18,19,20).